The lowest BCUT2D eigenvalue weighted by atomic mass is 10.0. The van der Waals surface area contributed by atoms with Crippen molar-refractivity contribution in [3.63, 3.8) is 0 Å². The molecule has 0 fully saturated rings. The fraction of sp³-hybridized carbons (Fsp3) is 0.231. The maximum Gasteiger partial charge on any atom is 0.330 e. The molecule has 6 heteroatoms. The standard InChI is InChI=1S/C26H26O6/c1-5-25(27)31-17(3)15-29-23-11-12-24(30-16-18(4)32-26(28)6-2)22-14-20-10-8-7-9-19(20)13-21(22)23/h5-14,17-18H,1-2,15-16H2,3-4H3. The van der Waals surface area contributed by atoms with Crippen LogP contribution >= 0.6 is 0 Å². The minimum Gasteiger partial charge on any atom is -0.489 e. The summed E-state index contributed by atoms with van der Waals surface area (Å²) in [5.74, 6) is 0.301. The number of rotatable bonds is 10. The van der Waals surface area contributed by atoms with Gasteiger partial charge in [0, 0.05) is 22.9 Å². The number of ether oxygens (including phenoxy) is 4. The Kier molecular flexibility index (Phi) is 7.49. The van der Waals surface area contributed by atoms with Crippen LogP contribution in [0.15, 0.2) is 73.8 Å². The van der Waals surface area contributed by atoms with E-state index in [9.17, 15) is 9.59 Å². The van der Waals surface area contributed by atoms with E-state index in [0.29, 0.717) is 11.5 Å². The number of esters is 2. The van der Waals surface area contributed by atoms with Crippen molar-refractivity contribution in [2.24, 2.45) is 0 Å². The van der Waals surface area contributed by atoms with Gasteiger partial charge < -0.3 is 18.9 Å². The number of hydrogen-bond acceptors (Lipinski definition) is 6. The molecule has 0 aliphatic carbocycles. The molecular weight excluding hydrogens is 408 g/mol. The molecule has 166 valence electrons. The molecule has 0 heterocycles. The fourth-order valence-corrected chi connectivity index (χ4v) is 3.21. The second kappa shape index (κ2) is 10.5. The number of benzene rings is 3. The van der Waals surface area contributed by atoms with Gasteiger partial charge in [-0.3, -0.25) is 0 Å². The summed E-state index contributed by atoms with van der Waals surface area (Å²) in [6.45, 7) is 10.7. The van der Waals surface area contributed by atoms with Gasteiger partial charge in [-0.25, -0.2) is 9.59 Å². The summed E-state index contributed by atoms with van der Waals surface area (Å²) in [6.07, 6.45) is 1.37. The second-order valence-electron chi connectivity index (χ2n) is 7.33. The molecule has 0 radical (unpaired) electrons. The molecule has 2 atom stereocenters. The van der Waals surface area contributed by atoms with Crippen molar-refractivity contribution in [2.45, 2.75) is 26.1 Å². The molecule has 0 spiro atoms. The Balaban J connectivity index is 1.89. The molecule has 3 aromatic rings. The van der Waals surface area contributed by atoms with E-state index in [4.69, 9.17) is 18.9 Å². The van der Waals surface area contributed by atoms with Crippen molar-refractivity contribution in [1.82, 2.24) is 0 Å². The van der Waals surface area contributed by atoms with E-state index >= 15 is 0 Å². The zero-order chi connectivity index (χ0) is 23.1. The fourth-order valence-electron chi connectivity index (χ4n) is 3.21. The zero-order valence-corrected chi connectivity index (χ0v) is 18.2. The Bertz CT molecular complexity index is 1060. The van der Waals surface area contributed by atoms with Gasteiger partial charge in [-0.2, -0.15) is 0 Å². The monoisotopic (exact) mass is 434 g/mol. The largest absolute Gasteiger partial charge is 0.489 e. The molecule has 0 aliphatic heterocycles. The summed E-state index contributed by atoms with van der Waals surface area (Å²) in [5.41, 5.74) is 0. The normalized spacial score (nSPS) is 12.6. The Morgan fingerprint density at radius 2 is 1.19 bits per heavy atom. The van der Waals surface area contributed by atoms with Crippen LogP contribution in [0.25, 0.3) is 21.5 Å². The van der Waals surface area contributed by atoms with Gasteiger partial charge in [-0.15, -0.1) is 0 Å². The van der Waals surface area contributed by atoms with Gasteiger partial charge in [0.2, 0.25) is 0 Å². The zero-order valence-electron chi connectivity index (χ0n) is 18.2. The molecular formula is C26H26O6. The Hall–Kier alpha value is -3.80. The third kappa shape index (κ3) is 5.66. The second-order valence-corrected chi connectivity index (χ2v) is 7.33. The molecule has 32 heavy (non-hydrogen) atoms. The quantitative estimate of drug-likeness (QED) is 0.254. The van der Waals surface area contributed by atoms with Crippen LogP contribution in [-0.4, -0.2) is 37.4 Å². The van der Waals surface area contributed by atoms with Crippen molar-refractivity contribution in [3.05, 3.63) is 73.8 Å². The maximum absolute atomic E-state index is 11.4. The molecule has 6 nitrogen and oxygen atoms in total. The van der Waals surface area contributed by atoms with Crippen molar-refractivity contribution < 1.29 is 28.5 Å². The number of carbonyl (C=O) groups excluding carboxylic acids is 2. The summed E-state index contributed by atoms with van der Waals surface area (Å²) in [4.78, 5) is 22.8. The molecule has 0 aliphatic rings. The van der Waals surface area contributed by atoms with Crippen LogP contribution in [0, 0.1) is 0 Å². The van der Waals surface area contributed by atoms with Crippen LogP contribution in [0.2, 0.25) is 0 Å². The molecule has 3 rings (SSSR count). The predicted octanol–water partition coefficient (Wildman–Crippen LogP) is 4.99. The summed E-state index contributed by atoms with van der Waals surface area (Å²) in [7, 11) is 0. The molecule has 2 unspecified atom stereocenters. The summed E-state index contributed by atoms with van der Waals surface area (Å²) < 4.78 is 22.3. The Labute approximate surface area is 187 Å². The lowest BCUT2D eigenvalue weighted by molar-refractivity contribution is -0.144. The smallest absolute Gasteiger partial charge is 0.330 e. The topological polar surface area (TPSA) is 71.1 Å². The highest BCUT2D eigenvalue weighted by Gasteiger charge is 2.14. The third-order valence-electron chi connectivity index (χ3n) is 4.72. The van der Waals surface area contributed by atoms with E-state index in [-0.39, 0.29) is 13.2 Å². The highest BCUT2D eigenvalue weighted by molar-refractivity contribution is 6.03. The molecule has 0 amide bonds. The summed E-state index contributed by atoms with van der Waals surface area (Å²) in [6, 6.07) is 15.7. The van der Waals surface area contributed by atoms with Crippen LogP contribution < -0.4 is 9.47 Å². The number of carbonyl (C=O) groups is 2. The van der Waals surface area contributed by atoms with Gasteiger partial charge in [0.25, 0.3) is 0 Å². The summed E-state index contributed by atoms with van der Waals surface area (Å²) in [5, 5.41) is 3.83. The Morgan fingerprint density at radius 3 is 1.56 bits per heavy atom. The van der Waals surface area contributed by atoms with E-state index < -0.39 is 24.1 Å². The maximum atomic E-state index is 11.4. The van der Waals surface area contributed by atoms with Gasteiger partial charge >= 0.3 is 11.9 Å². The average molecular weight is 434 g/mol. The van der Waals surface area contributed by atoms with Crippen LogP contribution in [0.5, 0.6) is 11.5 Å². The lowest BCUT2D eigenvalue weighted by Crippen LogP contribution is -2.21. The third-order valence-corrected chi connectivity index (χ3v) is 4.72. The first-order valence-electron chi connectivity index (χ1n) is 10.3. The minimum absolute atomic E-state index is 0.191. The van der Waals surface area contributed by atoms with Crippen LogP contribution in [0.3, 0.4) is 0 Å². The van der Waals surface area contributed by atoms with E-state index in [1.165, 1.54) is 0 Å². The van der Waals surface area contributed by atoms with Gasteiger partial charge in [-0.1, -0.05) is 37.4 Å². The average Bonchev–Trinajstić information content (AvgIpc) is 2.80. The van der Waals surface area contributed by atoms with Gasteiger partial charge in [0.15, 0.2) is 0 Å². The van der Waals surface area contributed by atoms with E-state index in [2.05, 4.69) is 13.2 Å². The summed E-state index contributed by atoms with van der Waals surface area (Å²) >= 11 is 0. The van der Waals surface area contributed by atoms with Crippen molar-refractivity contribution in [3.8, 4) is 11.5 Å². The van der Waals surface area contributed by atoms with Crippen molar-refractivity contribution in [1.29, 1.82) is 0 Å². The first kappa shape index (κ1) is 22.9. The molecule has 3 aromatic carbocycles. The van der Waals surface area contributed by atoms with Crippen LogP contribution in [0.1, 0.15) is 13.8 Å². The molecule has 0 N–H and O–H groups in total. The molecule has 0 saturated carbocycles. The lowest BCUT2D eigenvalue weighted by Gasteiger charge is -2.18. The number of hydrogen-bond donors (Lipinski definition) is 0. The van der Waals surface area contributed by atoms with E-state index in [1.807, 2.05) is 48.5 Å². The highest BCUT2D eigenvalue weighted by atomic mass is 16.6. The number of fused-ring (bicyclic) bond motifs is 2. The van der Waals surface area contributed by atoms with E-state index in [0.717, 1.165) is 33.7 Å². The van der Waals surface area contributed by atoms with Crippen LogP contribution in [-0.2, 0) is 19.1 Å². The first-order chi connectivity index (χ1) is 15.4. The van der Waals surface area contributed by atoms with Gasteiger partial charge in [0.1, 0.15) is 36.9 Å². The molecule has 0 aromatic heterocycles. The van der Waals surface area contributed by atoms with Gasteiger partial charge in [-0.05, 0) is 48.9 Å². The molecule has 0 saturated heterocycles. The SMILES string of the molecule is C=CC(=O)OC(C)COc1ccc(OCC(C)OC(=O)C=C)c2cc3ccccc3cc12. The van der Waals surface area contributed by atoms with Crippen molar-refractivity contribution in [2.75, 3.05) is 13.2 Å². The minimum atomic E-state index is -0.494. The van der Waals surface area contributed by atoms with Crippen molar-refractivity contribution >= 4 is 33.5 Å². The highest BCUT2D eigenvalue weighted by Crippen LogP contribution is 2.36. The van der Waals surface area contributed by atoms with Crippen LogP contribution in [0.4, 0.5) is 0 Å². The first-order valence-corrected chi connectivity index (χ1v) is 10.3. The predicted molar refractivity (Wildman–Crippen MR) is 124 cm³/mol. The van der Waals surface area contributed by atoms with Gasteiger partial charge in [0.05, 0.1) is 0 Å². The van der Waals surface area contributed by atoms with E-state index in [1.54, 1.807) is 13.8 Å². The molecule has 0 bridgehead atoms. The Morgan fingerprint density at radius 1 is 0.781 bits per heavy atom.